The van der Waals surface area contributed by atoms with Gasteiger partial charge in [-0.15, -0.1) is 0 Å². The number of rotatable bonds is 8. The molecule has 0 aliphatic carbocycles. The average Bonchev–Trinajstić information content (AvgIpc) is 2.80. The number of ether oxygens (including phenoxy) is 3. The lowest BCUT2D eigenvalue weighted by molar-refractivity contribution is -0.120. The molecule has 1 saturated heterocycles. The van der Waals surface area contributed by atoms with E-state index < -0.39 is 10.0 Å². The molecule has 1 aliphatic rings. The summed E-state index contributed by atoms with van der Waals surface area (Å²) in [6.07, 6.45) is 0.811. The fourth-order valence-corrected chi connectivity index (χ4v) is 5.33. The fraction of sp³-hybridized carbons (Fsp3) is 0.409. The molecule has 3 rings (SSSR count). The van der Waals surface area contributed by atoms with Crippen molar-refractivity contribution in [1.29, 1.82) is 0 Å². The number of hydrogen-bond acceptors (Lipinski definition) is 6. The Bertz CT molecular complexity index is 1070. The highest BCUT2D eigenvalue weighted by Gasteiger charge is 2.33. The van der Waals surface area contributed by atoms with Crippen LogP contribution in [0.25, 0.3) is 0 Å². The number of methoxy groups -OCH3 is 2. The van der Waals surface area contributed by atoms with Gasteiger partial charge in [0.1, 0.15) is 0 Å². The van der Waals surface area contributed by atoms with Gasteiger partial charge in [0.2, 0.25) is 15.9 Å². The van der Waals surface area contributed by atoms with Crippen LogP contribution in [0.15, 0.2) is 41.3 Å². The largest absolute Gasteiger partial charge is 0.493 e. The van der Waals surface area contributed by atoms with Gasteiger partial charge >= 0.3 is 0 Å². The smallest absolute Gasteiger partial charge is 0.243 e. The molecule has 0 bridgehead atoms. The summed E-state index contributed by atoms with van der Waals surface area (Å²) in [5, 5.41) is 3.29. The Kier molecular flexibility index (Phi) is 7.86. The van der Waals surface area contributed by atoms with E-state index >= 15 is 0 Å². The highest BCUT2D eigenvalue weighted by atomic mass is 35.5. The Morgan fingerprint density at radius 3 is 2.44 bits per heavy atom. The number of amides is 1. The van der Waals surface area contributed by atoms with Gasteiger partial charge in [-0.3, -0.25) is 4.79 Å². The standard InChI is InChI=1S/C22H27ClN2O6S/c1-4-31-21-17(23)6-5-7-18(21)24-22(26)15-10-12-25(13-11-15)32(27,28)16-8-9-19(29-2)20(14-16)30-3/h5-9,14-15H,4,10-13H2,1-3H3,(H,24,26). The number of carbonyl (C=O) groups is 1. The van der Waals surface area contributed by atoms with Gasteiger partial charge in [-0.1, -0.05) is 17.7 Å². The first-order valence-corrected chi connectivity index (χ1v) is 12.1. The monoisotopic (exact) mass is 482 g/mol. The molecule has 1 N–H and O–H groups in total. The number of carbonyl (C=O) groups excluding carboxylic acids is 1. The molecule has 1 heterocycles. The molecular formula is C22H27ClN2O6S. The Labute approximate surface area is 193 Å². The van der Waals surface area contributed by atoms with Crippen LogP contribution in [0.3, 0.4) is 0 Å². The van der Waals surface area contributed by atoms with Crippen LogP contribution < -0.4 is 19.5 Å². The van der Waals surface area contributed by atoms with Gasteiger partial charge in [-0.05, 0) is 44.0 Å². The maximum atomic E-state index is 13.1. The predicted octanol–water partition coefficient (Wildman–Crippen LogP) is 3.80. The number of piperidine rings is 1. The zero-order valence-corrected chi connectivity index (χ0v) is 19.8. The third kappa shape index (κ3) is 5.11. The van der Waals surface area contributed by atoms with Crippen LogP contribution in [0.5, 0.6) is 17.2 Å². The van der Waals surface area contributed by atoms with Crippen LogP contribution in [0.1, 0.15) is 19.8 Å². The predicted molar refractivity (Wildman–Crippen MR) is 122 cm³/mol. The molecule has 1 fully saturated rings. The first-order chi connectivity index (χ1) is 15.3. The van der Waals surface area contributed by atoms with Gasteiger partial charge in [-0.25, -0.2) is 8.42 Å². The van der Waals surface area contributed by atoms with E-state index in [-0.39, 0.29) is 29.8 Å². The number of sulfonamides is 1. The van der Waals surface area contributed by atoms with Crippen molar-refractivity contribution in [2.24, 2.45) is 5.92 Å². The normalized spacial score (nSPS) is 15.2. The minimum Gasteiger partial charge on any atom is -0.493 e. The Hall–Kier alpha value is -2.49. The first-order valence-electron chi connectivity index (χ1n) is 10.3. The van der Waals surface area contributed by atoms with Gasteiger partial charge in [0.15, 0.2) is 17.2 Å². The molecule has 1 amide bonds. The van der Waals surface area contributed by atoms with Crippen molar-refractivity contribution in [3.05, 3.63) is 41.4 Å². The molecule has 10 heteroatoms. The summed E-state index contributed by atoms with van der Waals surface area (Å²) in [6.45, 7) is 2.73. The Morgan fingerprint density at radius 2 is 1.81 bits per heavy atom. The van der Waals surface area contributed by atoms with Gasteiger partial charge in [0, 0.05) is 25.1 Å². The lowest BCUT2D eigenvalue weighted by Crippen LogP contribution is -2.41. The zero-order valence-electron chi connectivity index (χ0n) is 18.3. The topological polar surface area (TPSA) is 94.2 Å². The molecule has 0 spiro atoms. The number of benzene rings is 2. The van der Waals surface area contributed by atoms with Gasteiger partial charge in [0.25, 0.3) is 0 Å². The summed E-state index contributed by atoms with van der Waals surface area (Å²) in [5.41, 5.74) is 0.504. The Morgan fingerprint density at radius 1 is 1.12 bits per heavy atom. The van der Waals surface area contributed by atoms with Crippen LogP contribution in [-0.4, -0.2) is 52.5 Å². The van der Waals surface area contributed by atoms with Crippen molar-refractivity contribution in [1.82, 2.24) is 4.31 Å². The fourth-order valence-electron chi connectivity index (χ4n) is 3.62. The van der Waals surface area contributed by atoms with E-state index in [2.05, 4.69) is 5.32 Å². The second-order valence-corrected chi connectivity index (χ2v) is 9.58. The number of halogens is 1. The number of anilines is 1. The lowest BCUT2D eigenvalue weighted by atomic mass is 9.97. The molecule has 8 nitrogen and oxygen atoms in total. The maximum Gasteiger partial charge on any atom is 0.243 e. The van der Waals surface area contributed by atoms with E-state index in [0.29, 0.717) is 47.4 Å². The van der Waals surface area contributed by atoms with Crippen LogP contribution in [0, 0.1) is 5.92 Å². The van der Waals surface area contributed by atoms with Gasteiger partial charge in [0.05, 0.1) is 36.4 Å². The molecule has 174 valence electrons. The minimum absolute atomic E-state index is 0.123. The molecule has 2 aromatic rings. The van der Waals surface area contributed by atoms with E-state index in [1.54, 1.807) is 24.3 Å². The van der Waals surface area contributed by atoms with Crippen molar-refractivity contribution >= 4 is 33.2 Å². The molecule has 0 saturated carbocycles. The summed E-state index contributed by atoms with van der Waals surface area (Å²) < 4.78 is 43.5. The number of hydrogen-bond donors (Lipinski definition) is 1. The van der Waals surface area contributed by atoms with Crippen molar-refractivity contribution in [3.8, 4) is 17.2 Å². The van der Waals surface area contributed by atoms with Crippen LogP contribution in [-0.2, 0) is 14.8 Å². The van der Waals surface area contributed by atoms with Gasteiger partial charge < -0.3 is 19.5 Å². The molecular weight excluding hydrogens is 456 g/mol. The van der Waals surface area contributed by atoms with E-state index in [1.807, 2.05) is 6.92 Å². The second-order valence-electron chi connectivity index (χ2n) is 7.23. The third-order valence-corrected chi connectivity index (χ3v) is 7.52. The maximum absolute atomic E-state index is 13.1. The molecule has 1 aliphatic heterocycles. The molecule has 0 aromatic heterocycles. The third-order valence-electron chi connectivity index (χ3n) is 5.33. The van der Waals surface area contributed by atoms with Crippen molar-refractivity contribution in [2.45, 2.75) is 24.7 Å². The SMILES string of the molecule is CCOc1c(Cl)cccc1NC(=O)C1CCN(S(=O)(=O)c2ccc(OC)c(OC)c2)CC1. The molecule has 0 unspecified atom stereocenters. The van der Waals surface area contributed by atoms with Gasteiger partial charge in [-0.2, -0.15) is 4.31 Å². The van der Waals surface area contributed by atoms with E-state index in [4.69, 9.17) is 25.8 Å². The summed E-state index contributed by atoms with van der Waals surface area (Å²) in [4.78, 5) is 12.9. The van der Waals surface area contributed by atoms with Crippen molar-refractivity contribution in [2.75, 3.05) is 39.2 Å². The molecule has 2 aromatic carbocycles. The summed E-state index contributed by atoms with van der Waals surface area (Å²) in [6, 6.07) is 9.65. The van der Waals surface area contributed by atoms with Crippen LogP contribution in [0.2, 0.25) is 5.02 Å². The summed E-state index contributed by atoms with van der Waals surface area (Å²) in [5.74, 6) is 0.721. The first kappa shape index (κ1) is 24.2. The van der Waals surface area contributed by atoms with E-state index in [1.165, 1.54) is 30.7 Å². The average molecular weight is 483 g/mol. The summed E-state index contributed by atoms with van der Waals surface area (Å²) in [7, 11) is -0.776. The highest BCUT2D eigenvalue weighted by molar-refractivity contribution is 7.89. The summed E-state index contributed by atoms with van der Waals surface area (Å²) >= 11 is 6.18. The minimum atomic E-state index is -3.72. The van der Waals surface area contributed by atoms with E-state index in [0.717, 1.165) is 0 Å². The number of para-hydroxylation sites is 1. The zero-order chi connectivity index (χ0) is 23.3. The van der Waals surface area contributed by atoms with Crippen LogP contribution in [0.4, 0.5) is 5.69 Å². The number of nitrogens with zero attached hydrogens (tertiary/aromatic N) is 1. The van der Waals surface area contributed by atoms with Crippen molar-refractivity contribution < 1.29 is 27.4 Å². The van der Waals surface area contributed by atoms with E-state index in [9.17, 15) is 13.2 Å². The molecule has 0 atom stereocenters. The highest BCUT2D eigenvalue weighted by Crippen LogP contribution is 2.35. The van der Waals surface area contributed by atoms with Crippen molar-refractivity contribution in [3.63, 3.8) is 0 Å². The lowest BCUT2D eigenvalue weighted by Gasteiger charge is -2.30. The number of nitrogens with one attached hydrogen (secondary N) is 1. The molecule has 0 radical (unpaired) electrons. The Balaban J connectivity index is 1.67. The van der Waals surface area contributed by atoms with Crippen LogP contribution >= 0.6 is 11.6 Å². The molecule has 32 heavy (non-hydrogen) atoms. The second kappa shape index (κ2) is 10.4. The quantitative estimate of drug-likeness (QED) is 0.615.